The molecule has 0 radical (unpaired) electrons. The smallest absolute Gasteiger partial charge is 0.332 e. The number of nitrogens with zero attached hydrogens (tertiary/aromatic N) is 5. The van der Waals surface area contributed by atoms with Gasteiger partial charge in [-0.15, -0.1) is 0 Å². The molecule has 8 heteroatoms. The lowest BCUT2D eigenvalue weighted by Crippen LogP contribution is -2.40. The molecule has 0 bridgehead atoms. The van der Waals surface area contributed by atoms with Gasteiger partial charge in [0.05, 0.1) is 6.33 Å². The highest BCUT2D eigenvalue weighted by Crippen LogP contribution is 2.20. The second kappa shape index (κ2) is 6.85. The van der Waals surface area contributed by atoms with E-state index < -0.39 is 5.69 Å². The molecule has 1 aliphatic rings. The van der Waals surface area contributed by atoms with Gasteiger partial charge in [-0.3, -0.25) is 18.7 Å². The number of carbonyl (C=O) groups excluding carboxylic acids is 1. The maximum atomic E-state index is 12.5. The Hall–Kier alpha value is -2.38. The Morgan fingerprint density at radius 1 is 1.28 bits per heavy atom. The summed E-state index contributed by atoms with van der Waals surface area (Å²) in [5.74, 6) is 0.704. The molecule has 2 aromatic rings. The fourth-order valence-electron chi connectivity index (χ4n) is 3.57. The molecule has 1 fully saturated rings. The van der Waals surface area contributed by atoms with Crippen molar-refractivity contribution in [3.05, 3.63) is 27.2 Å². The second-order valence-corrected chi connectivity index (χ2v) is 6.82. The number of hydrogen-bond acceptors (Lipinski definition) is 4. The average Bonchev–Trinajstić information content (AvgIpc) is 3.06. The van der Waals surface area contributed by atoms with E-state index in [-0.39, 0.29) is 11.5 Å². The summed E-state index contributed by atoms with van der Waals surface area (Å²) in [4.78, 5) is 43.0. The van der Waals surface area contributed by atoms with Crippen LogP contribution >= 0.6 is 0 Å². The van der Waals surface area contributed by atoms with Crippen molar-refractivity contribution in [2.24, 2.45) is 20.0 Å². The molecular formula is C17H25N5O3. The molecule has 1 amide bonds. The summed E-state index contributed by atoms with van der Waals surface area (Å²) in [6.07, 6.45) is 5.20. The first kappa shape index (κ1) is 17.4. The summed E-state index contributed by atoms with van der Waals surface area (Å²) in [6, 6.07) is 0. The standard InChI is InChI=1S/C17H25N5O3/c1-4-12-6-5-8-21(10-12)13(23)7-9-22-11-18-15-14(22)16(24)20(3)17(25)19(15)2/h11-12H,4-10H2,1-3H3/t12-/m1/s1. The number of fused-ring (bicyclic) bond motifs is 1. The van der Waals surface area contributed by atoms with E-state index in [4.69, 9.17) is 0 Å². The zero-order valence-electron chi connectivity index (χ0n) is 15.1. The van der Waals surface area contributed by atoms with Crippen LogP contribution in [0.4, 0.5) is 0 Å². The molecule has 1 atom stereocenters. The molecule has 0 aromatic carbocycles. The van der Waals surface area contributed by atoms with Crippen LogP contribution in [-0.2, 0) is 25.4 Å². The number of aryl methyl sites for hydroxylation is 2. The van der Waals surface area contributed by atoms with Gasteiger partial charge in [0, 0.05) is 40.2 Å². The Labute approximate surface area is 145 Å². The van der Waals surface area contributed by atoms with Crippen molar-refractivity contribution in [3.8, 4) is 0 Å². The van der Waals surface area contributed by atoms with Crippen LogP contribution in [0.3, 0.4) is 0 Å². The first-order valence-electron chi connectivity index (χ1n) is 8.82. The van der Waals surface area contributed by atoms with E-state index >= 15 is 0 Å². The van der Waals surface area contributed by atoms with Crippen molar-refractivity contribution in [3.63, 3.8) is 0 Å². The van der Waals surface area contributed by atoms with Crippen molar-refractivity contribution in [1.82, 2.24) is 23.6 Å². The molecule has 0 aliphatic carbocycles. The van der Waals surface area contributed by atoms with E-state index in [2.05, 4.69) is 11.9 Å². The number of amides is 1. The van der Waals surface area contributed by atoms with Crippen LogP contribution in [0.5, 0.6) is 0 Å². The molecule has 3 heterocycles. The van der Waals surface area contributed by atoms with E-state index in [0.29, 0.717) is 30.0 Å². The second-order valence-electron chi connectivity index (χ2n) is 6.82. The molecule has 3 rings (SSSR count). The summed E-state index contributed by atoms with van der Waals surface area (Å²) in [6.45, 7) is 4.19. The van der Waals surface area contributed by atoms with Gasteiger partial charge in [0.25, 0.3) is 5.56 Å². The molecule has 0 saturated carbocycles. The molecule has 136 valence electrons. The van der Waals surface area contributed by atoms with Gasteiger partial charge in [-0.1, -0.05) is 13.3 Å². The predicted octanol–water partition coefficient (Wildman–Crippen LogP) is 0.472. The van der Waals surface area contributed by atoms with Crippen molar-refractivity contribution < 1.29 is 4.79 Å². The third-order valence-electron chi connectivity index (χ3n) is 5.23. The third-order valence-corrected chi connectivity index (χ3v) is 5.23. The molecule has 1 saturated heterocycles. The first-order chi connectivity index (χ1) is 11.9. The minimum Gasteiger partial charge on any atom is -0.342 e. The van der Waals surface area contributed by atoms with Crippen LogP contribution in [0, 0.1) is 5.92 Å². The zero-order valence-corrected chi connectivity index (χ0v) is 15.1. The Kier molecular flexibility index (Phi) is 4.78. The maximum Gasteiger partial charge on any atom is 0.332 e. The number of likely N-dealkylation sites (tertiary alicyclic amines) is 1. The van der Waals surface area contributed by atoms with Crippen LogP contribution in [-0.4, -0.2) is 42.6 Å². The highest BCUT2D eigenvalue weighted by molar-refractivity contribution is 5.76. The van der Waals surface area contributed by atoms with Gasteiger partial charge < -0.3 is 9.47 Å². The highest BCUT2D eigenvalue weighted by atomic mass is 16.2. The molecule has 0 N–H and O–H groups in total. The van der Waals surface area contributed by atoms with Crippen molar-refractivity contribution in [2.75, 3.05) is 13.1 Å². The van der Waals surface area contributed by atoms with E-state index in [1.807, 2.05) is 4.90 Å². The molecule has 0 spiro atoms. The van der Waals surface area contributed by atoms with Gasteiger partial charge >= 0.3 is 5.69 Å². The zero-order chi connectivity index (χ0) is 18.1. The van der Waals surface area contributed by atoms with Crippen LogP contribution in [0.1, 0.15) is 32.6 Å². The van der Waals surface area contributed by atoms with Crippen molar-refractivity contribution in [1.29, 1.82) is 0 Å². The summed E-state index contributed by atoms with van der Waals surface area (Å²) >= 11 is 0. The lowest BCUT2D eigenvalue weighted by molar-refractivity contribution is -0.133. The van der Waals surface area contributed by atoms with Gasteiger partial charge in [-0.25, -0.2) is 9.78 Å². The summed E-state index contributed by atoms with van der Waals surface area (Å²) in [7, 11) is 3.04. The van der Waals surface area contributed by atoms with Gasteiger partial charge in [0.15, 0.2) is 11.2 Å². The lowest BCUT2D eigenvalue weighted by Gasteiger charge is -2.32. The Bertz CT molecular complexity index is 907. The molecule has 25 heavy (non-hydrogen) atoms. The average molecular weight is 347 g/mol. The summed E-state index contributed by atoms with van der Waals surface area (Å²) in [5.41, 5.74) is -0.0723. The third kappa shape index (κ3) is 3.12. The number of piperidine rings is 1. The van der Waals surface area contributed by atoms with Crippen LogP contribution < -0.4 is 11.2 Å². The van der Waals surface area contributed by atoms with E-state index in [1.165, 1.54) is 24.4 Å². The van der Waals surface area contributed by atoms with Crippen molar-refractivity contribution >= 4 is 17.1 Å². The van der Waals surface area contributed by atoms with Crippen LogP contribution in [0.2, 0.25) is 0 Å². The molecule has 1 aliphatic heterocycles. The Morgan fingerprint density at radius 3 is 2.76 bits per heavy atom. The lowest BCUT2D eigenvalue weighted by atomic mass is 9.95. The van der Waals surface area contributed by atoms with E-state index in [1.54, 1.807) is 11.6 Å². The number of carbonyl (C=O) groups is 1. The minimum absolute atomic E-state index is 0.113. The van der Waals surface area contributed by atoms with E-state index in [9.17, 15) is 14.4 Å². The number of rotatable bonds is 4. The largest absolute Gasteiger partial charge is 0.342 e. The quantitative estimate of drug-likeness (QED) is 0.805. The van der Waals surface area contributed by atoms with Gasteiger partial charge in [0.1, 0.15) is 0 Å². The van der Waals surface area contributed by atoms with Crippen LogP contribution in [0.25, 0.3) is 11.2 Å². The molecule has 8 nitrogen and oxygen atoms in total. The highest BCUT2D eigenvalue weighted by Gasteiger charge is 2.22. The maximum absolute atomic E-state index is 12.5. The number of aromatic nitrogens is 4. The first-order valence-corrected chi connectivity index (χ1v) is 8.82. The van der Waals surface area contributed by atoms with E-state index in [0.717, 1.165) is 30.5 Å². The predicted molar refractivity (Wildman–Crippen MR) is 94.4 cm³/mol. The fraction of sp³-hybridized carbons (Fsp3) is 0.647. The van der Waals surface area contributed by atoms with Gasteiger partial charge in [-0.05, 0) is 18.8 Å². The number of imidazole rings is 1. The summed E-state index contributed by atoms with van der Waals surface area (Å²) < 4.78 is 4.10. The van der Waals surface area contributed by atoms with Crippen LogP contribution in [0.15, 0.2) is 15.9 Å². The molecular weight excluding hydrogens is 322 g/mol. The Morgan fingerprint density at radius 2 is 2.04 bits per heavy atom. The fourth-order valence-corrected chi connectivity index (χ4v) is 3.57. The molecule has 2 aromatic heterocycles. The minimum atomic E-state index is -0.405. The topological polar surface area (TPSA) is 82.1 Å². The molecule has 0 unspecified atom stereocenters. The normalized spacial score (nSPS) is 18.0. The van der Waals surface area contributed by atoms with Crippen molar-refractivity contribution in [2.45, 2.75) is 39.2 Å². The van der Waals surface area contributed by atoms with Gasteiger partial charge in [-0.2, -0.15) is 0 Å². The number of hydrogen-bond donors (Lipinski definition) is 0. The Balaban J connectivity index is 1.79. The monoisotopic (exact) mass is 347 g/mol. The van der Waals surface area contributed by atoms with Gasteiger partial charge in [0.2, 0.25) is 5.91 Å². The summed E-state index contributed by atoms with van der Waals surface area (Å²) in [5, 5.41) is 0. The SMILES string of the molecule is CC[C@@H]1CCCN(C(=O)CCn2cnc3c2c(=O)n(C)c(=O)n3C)C1.